The van der Waals surface area contributed by atoms with Crippen molar-refractivity contribution >= 4 is 38.8 Å². The first-order valence-electron chi connectivity index (χ1n) is 6.41. The average Bonchev–Trinajstić information content (AvgIpc) is 2.87. The molecule has 0 bridgehead atoms. The Morgan fingerprint density at radius 2 is 1.79 bits per heavy atom. The Balaban J connectivity index is 1.59. The van der Waals surface area contributed by atoms with Crippen LogP contribution in [0.4, 0.5) is 5.95 Å². The van der Waals surface area contributed by atoms with Crippen LogP contribution in [0, 0.1) is 0 Å². The van der Waals surface area contributed by atoms with E-state index in [0.717, 1.165) is 43.1 Å². The Morgan fingerprint density at radius 3 is 2.37 bits per heavy atom. The molecule has 0 aromatic carbocycles. The quantitative estimate of drug-likeness (QED) is 0.779. The zero-order valence-electron chi connectivity index (χ0n) is 10.8. The summed E-state index contributed by atoms with van der Waals surface area (Å²) in [5, 5.41) is 1.84. The number of rotatable bonds is 1. The maximum absolute atomic E-state index is 4.60. The van der Waals surface area contributed by atoms with E-state index in [1.807, 2.05) is 11.8 Å². The van der Waals surface area contributed by atoms with E-state index in [9.17, 15) is 0 Å². The van der Waals surface area contributed by atoms with Crippen LogP contribution < -0.4 is 4.90 Å². The number of hydrogen-bond donors (Lipinski definition) is 0. The minimum absolute atomic E-state index is 0.628. The van der Waals surface area contributed by atoms with Crippen molar-refractivity contribution < 1.29 is 0 Å². The third-order valence-corrected chi connectivity index (χ3v) is 4.79. The van der Waals surface area contributed by atoms with Crippen LogP contribution in [0.5, 0.6) is 0 Å². The van der Waals surface area contributed by atoms with Crippen molar-refractivity contribution in [1.29, 1.82) is 0 Å². The van der Waals surface area contributed by atoms with E-state index in [4.69, 9.17) is 0 Å². The summed E-state index contributed by atoms with van der Waals surface area (Å²) in [5.41, 5.74) is 0. The van der Waals surface area contributed by atoms with Gasteiger partial charge in [-0.2, -0.15) is 0 Å². The van der Waals surface area contributed by atoms with Gasteiger partial charge in [0.1, 0.15) is 0 Å². The normalized spacial score (nSPS) is 23.7. The predicted molar refractivity (Wildman–Crippen MR) is 82.9 cm³/mol. The molecular weight excluding hydrogens is 326 g/mol. The van der Waals surface area contributed by atoms with Crippen LogP contribution in [-0.4, -0.2) is 58.0 Å². The van der Waals surface area contributed by atoms with Crippen molar-refractivity contribution in [3.05, 3.63) is 16.9 Å². The molecule has 2 aliphatic heterocycles. The molecule has 0 aliphatic carbocycles. The van der Waals surface area contributed by atoms with Gasteiger partial charge < -0.3 is 9.80 Å². The molecule has 1 aromatic heterocycles. The van der Waals surface area contributed by atoms with Crippen molar-refractivity contribution in [1.82, 2.24) is 14.9 Å². The lowest BCUT2D eigenvalue weighted by atomic mass is 10.3. The fraction of sp³-hybridized carbons (Fsp3) is 0.583. The van der Waals surface area contributed by atoms with Crippen LogP contribution in [0.2, 0.25) is 0 Å². The third-order valence-electron chi connectivity index (χ3n) is 3.23. The van der Waals surface area contributed by atoms with Crippen molar-refractivity contribution in [3.63, 3.8) is 0 Å². The zero-order chi connectivity index (χ0) is 13.2. The zero-order valence-corrected chi connectivity index (χ0v) is 13.2. The highest BCUT2D eigenvalue weighted by atomic mass is 79.9. The standard InChI is InChI=1S/C12H16BrN5S/c1-9-6-16-12(19-9)18-4-2-17(3-5-18)11-14-7-10(13)8-15-11/h7-9H,2-6H2,1H3/t9-/m0/s1. The van der Waals surface area contributed by atoms with Gasteiger partial charge in [-0.05, 0) is 15.9 Å². The number of halogens is 1. The van der Waals surface area contributed by atoms with Crippen LogP contribution in [0.3, 0.4) is 0 Å². The van der Waals surface area contributed by atoms with E-state index < -0.39 is 0 Å². The molecule has 3 rings (SSSR count). The first kappa shape index (κ1) is 13.2. The van der Waals surface area contributed by atoms with Gasteiger partial charge in [0, 0.05) is 43.8 Å². The number of aromatic nitrogens is 2. The lowest BCUT2D eigenvalue weighted by molar-refractivity contribution is 0.389. The van der Waals surface area contributed by atoms with Crippen LogP contribution in [0.15, 0.2) is 21.9 Å². The van der Waals surface area contributed by atoms with Gasteiger partial charge in [0.25, 0.3) is 0 Å². The first-order valence-corrected chi connectivity index (χ1v) is 8.08. The van der Waals surface area contributed by atoms with Crippen LogP contribution in [0.1, 0.15) is 6.92 Å². The lowest BCUT2D eigenvalue weighted by Gasteiger charge is -2.35. The second kappa shape index (κ2) is 5.66. The second-order valence-electron chi connectivity index (χ2n) is 4.73. The van der Waals surface area contributed by atoms with Gasteiger partial charge >= 0.3 is 0 Å². The van der Waals surface area contributed by atoms with Crippen LogP contribution in [0.25, 0.3) is 0 Å². The van der Waals surface area contributed by atoms with Crippen LogP contribution >= 0.6 is 27.7 Å². The van der Waals surface area contributed by atoms with Crippen molar-refractivity contribution in [2.75, 3.05) is 37.6 Å². The SMILES string of the molecule is C[C@H]1CN=C(N2CCN(c3ncc(Br)cn3)CC2)S1. The van der Waals surface area contributed by atoms with Gasteiger partial charge in [-0.3, -0.25) is 4.99 Å². The number of piperazine rings is 1. The highest BCUT2D eigenvalue weighted by molar-refractivity contribution is 9.10. The summed E-state index contributed by atoms with van der Waals surface area (Å²) < 4.78 is 0.917. The van der Waals surface area contributed by atoms with Gasteiger partial charge in [0.2, 0.25) is 5.95 Å². The molecule has 1 saturated heterocycles. The summed E-state index contributed by atoms with van der Waals surface area (Å²) in [6.45, 7) is 7.09. The predicted octanol–water partition coefficient (Wildman–Crippen LogP) is 1.85. The number of thioether (sulfide) groups is 1. The fourth-order valence-electron chi connectivity index (χ4n) is 2.20. The Bertz CT molecular complexity index is 470. The van der Waals surface area contributed by atoms with E-state index in [1.165, 1.54) is 5.17 Å². The van der Waals surface area contributed by atoms with Gasteiger partial charge in [0.15, 0.2) is 5.17 Å². The van der Waals surface area contributed by atoms with Crippen molar-refractivity contribution in [2.45, 2.75) is 12.2 Å². The van der Waals surface area contributed by atoms with Crippen molar-refractivity contribution in [3.8, 4) is 0 Å². The molecule has 5 nitrogen and oxygen atoms in total. The van der Waals surface area contributed by atoms with Gasteiger partial charge in [-0.25, -0.2) is 9.97 Å². The molecule has 3 heterocycles. The summed E-state index contributed by atoms with van der Waals surface area (Å²) in [6, 6.07) is 0. The topological polar surface area (TPSA) is 44.6 Å². The van der Waals surface area contributed by atoms with Crippen LogP contribution in [-0.2, 0) is 0 Å². The first-order chi connectivity index (χ1) is 9.22. The smallest absolute Gasteiger partial charge is 0.225 e. The number of anilines is 1. The highest BCUT2D eigenvalue weighted by Gasteiger charge is 2.25. The maximum atomic E-state index is 4.60. The molecule has 0 unspecified atom stereocenters. The molecule has 1 fully saturated rings. The van der Waals surface area contributed by atoms with Gasteiger partial charge in [-0.15, -0.1) is 0 Å². The number of hydrogen-bond acceptors (Lipinski definition) is 6. The lowest BCUT2D eigenvalue weighted by Crippen LogP contribution is -2.48. The third kappa shape index (κ3) is 3.02. The molecule has 0 radical (unpaired) electrons. The molecule has 102 valence electrons. The van der Waals surface area contributed by atoms with Gasteiger partial charge in [0.05, 0.1) is 11.0 Å². The molecule has 0 N–H and O–H groups in total. The second-order valence-corrected chi connectivity index (χ2v) is 7.05. The van der Waals surface area contributed by atoms with E-state index in [1.54, 1.807) is 12.4 Å². The molecule has 2 aliphatic rings. The molecule has 19 heavy (non-hydrogen) atoms. The maximum Gasteiger partial charge on any atom is 0.225 e. The summed E-state index contributed by atoms with van der Waals surface area (Å²) in [6.07, 6.45) is 3.60. The van der Waals surface area contributed by atoms with E-state index in [-0.39, 0.29) is 0 Å². The fourth-order valence-corrected chi connectivity index (χ4v) is 3.40. The molecular formula is C12H16BrN5S. The molecule has 1 aromatic rings. The monoisotopic (exact) mass is 341 g/mol. The largest absolute Gasteiger partial charge is 0.348 e. The molecule has 0 saturated carbocycles. The number of nitrogens with zero attached hydrogens (tertiary/aromatic N) is 5. The van der Waals surface area contributed by atoms with Gasteiger partial charge in [-0.1, -0.05) is 18.7 Å². The van der Waals surface area contributed by atoms with E-state index >= 15 is 0 Å². The van der Waals surface area contributed by atoms with Crippen molar-refractivity contribution in [2.24, 2.45) is 4.99 Å². The molecule has 1 atom stereocenters. The summed E-state index contributed by atoms with van der Waals surface area (Å²) in [5.74, 6) is 0.817. The van der Waals surface area contributed by atoms with E-state index in [2.05, 4.69) is 47.6 Å². The highest BCUT2D eigenvalue weighted by Crippen LogP contribution is 2.24. The Hall–Kier alpha value is -0.820. The summed E-state index contributed by atoms with van der Waals surface area (Å²) in [7, 11) is 0. The minimum Gasteiger partial charge on any atom is -0.348 e. The molecule has 0 spiro atoms. The Morgan fingerprint density at radius 1 is 1.16 bits per heavy atom. The molecule has 0 amide bonds. The Labute approximate surface area is 125 Å². The average molecular weight is 342 g/mol. The Kier molecular flexibility index (Phi) is 3.93. The summed E-state index contributed by atoms with van der Waals surface area (Å²) >= 11 is 5.25. The number of amidine groups is 1. The summed E-state index contributed by atoms with van der Waals surface area (Å²) in [4.78, 5) is 17.9. The number of aliphatic imine (C=N–C) groups is 1. The van der Waals surface area contributed by atoms with E-state index in [0.29, 0.717) is 5.25 Å². The minimum atomic E-state index is 0.628. The molecule has 7 heteroatoms.